The van der Waals surface area contributed by atoms with Gasteiger partial charge < -0.3 is 20.1 Å². The molecule has 0 spiro atoms. The third-order valence-electron chi connectivity index (χ3n) is 3.21. The van der Waals surface area contributed by atoms with Crippen molar-refractivity contribution in [1.29, 1.82) is 0 Å². The summed E-state index contributed by atoms with van der Waals surface area (Å²) in [6, 6.07) is 1.28. The average molecular weight is 266 g/mol. The molecule has 2 N–H and O–H groups in total. The fraction of sp³-hybridized carbons (Fsp3) is 0.583. The molecule has 1 saturated heterocycles. The molecule has 7 heteroatoms. The Labute approximate surface area is 111 Å². The lowest BCUT2D eigenvalue weighted by atomic mass is 10.2. The van der Waals surface area contributed by atoms with Crippen molar-refractivity contribution in [2.45, 2.75) is 25.5 Å². The highest BCUT2D eigenvalue weighted by Crippen LogP contribution is 2.25. The molecule has 1 amide bonds. The molecular formula is C12H18N4O3. The lowest BCUT2D eigenvalue weighted by Crippen LogP contribution is -2.41. The van der Waals surface area contributed by atoms with E-state index in [1.807, 2.05) is 6.92 Å². The van der Waals surface area contributed by atoms with Crippen LogP contribution in [0.25, 0.3) is 0 Å². The molecule has 1 aliphatic heterocycles. The van der Waals surface area contributed by atoms with E-state index in [0.717, 1.165) is 5.69 Å². The number of rotatable bonds is 4. The molecule has 1 aromatic heterocycles. The van der Waals surface area contributed by atoms with Crippen LogP contribution < -0.4 is 15.4 Å². The first-order chi connectivity index (χ1) is 9.05. The minimum Gasteiger partial charge on any atom is -0.481 e. The Bertz CT molecular complexity index is 480. The number of nitrogens with zero attached hydrogens (tertiary/aromatic N) is 3. The second-order valence-electron chi connectivity index (χ2n) is 4.52. The van der Waals surface area contributed by atoms with Gasteiger partial charge in [-0.15, -0.1) is 0 Å². The van der Waals surface area contributed by atoms with E-state index < -0.39 is 11.9 Å². The van der Waals surface area contributed by atoms with E-state index in [0.29, 0.717) is 24.8 Å². The van der Waals surface area contributed by atoms with Crippen LogP contribution in [0.2, 0.25) is 0 Å². The Morgan fingerprint density at radius 3 is 2.79 bits per heavy atom. The summed E-state index contributed by atoms with van der Waals surface area (Å²) in [6.07, 6.45) is 0.499. The zero-order valence-corrected chi connectivity index (χ0v) is 11.3. The number of aryl methyl sites for hydroxylation is 1. The van der Waals surface area contributed by atoms with Crippen molar-refractivity contribution >= 4 is 11.9 Å². The molecule has 0 aromatic carbocycles. The normalized spacial score (nSPS) is 22.6. The maximum Gasteiger partial charge on any atom is 0.240 e. The standard InChI is InChI=1S/C12H18N4O3/c1-7-4-10(19-3)15-12(14-7)16-6-8(18-2)5-9(16)11(13)17/h4,8-9H,5-6H2,1-3H3,(H2,13,17)/t8-,9-/m0/s1. The van der Waals surface area contributed by atoms with E-state index in [-0.39, 0.29) is 6.10 Å². The minimum absolute atomic E-state index is 0.0485. The molecule has 0 radical (unpaired) electrons. The summed E-state index contributed by atoms with van der Waals surface area (Å²) < 4.78 is 10.4. The van der Waals surface area contributed by atoms with Crippen LogP contribution in [0.5, 0.6) is 5.88 Å². The summed E-state index contributed by atoms with van der Waals surface area (Å²) >= 11 is 0. The van der Waals surface area contributed by atoms with Crippen molar-refractivity contribution in [3.05, 3.63) is 11.8 Å². The predicted octanol–water partition coefficient (Wildman–Crippen LogP) is -0.127. The Morgan fingerprint density at radius 2 is 2.21 bits per heavy atom. The van der Waals surface area contributed by atoms with E-state index in [1.54, 1.807) is 25.2 Å². The van der Waals surface area contributed by atoms with Gasteiger partial charge in [0.1, 0.15) is 6.04 Å². The van der Waals surface area contributed by atoms with Gasteiger partial charge in [-0.25, -0.2) is 4.98 Å². The second kappa shape index (κ2) is 5.40. The number of methoxy groups -OCH3 is 2. The first-order valence-corrected chi connectivity index (χ1v) is 6.03. The monoisotopic (exact) mass is 266 g/mol. The van der Waals surface area contributed by atoms with Gasteiger partial charge >= 0.3 is 0 Å². The molecule has 0 saturated carbocycles. The number of ether oxygens (including phenoxy) is 2. The first-order valence-electron chi connectivity index (χ1n) is 6.03. The molecule has 104 valence electrons. The maximum absolute atomic E-state index is 11.5. The zero-order chi connectivity index (χ0) is 14.0. The fourth-order valence-electron chi connectivity index (χ4n) is 2.22. The van der Waals surface area contributed by atoms with Crippen LogP contribution in [-0.2, 0) is 9.53 Å². The molecule has 0 bridgehead atoms. The van der Waals surface area contributed by atoms with E-state index >= 15 is 0 Å². The van der Waals surface area contributed by atoms with Crippen LogP contribution in [-0.4, -0.2) is 48.8 Å². The number of primary amides is 1. The van der Waals surface area contributed by atoms with Gasteiger partial charge in [-0.1, -0.05) is 0 Å². The Morgan fingerprint density at radius 1 is 1.47 bits per heavy atom. The van der Waals surface area contributed by atoms with Crippen molar-refractivity contribution < 1.29 is 14.3 Å². The maximum atomic E-state index is 11.5. The molecule has 19 heavy (non-hydrogen) atoms. The largest absolute Gasteiger partial charge is 0.481 e. The lowest BCUT2D eigenvalue weighted by Gasteiger charge is -2.22. The number of aromatic nitrogens is 2. The number of anilines is 1. The van der Waals surface area contributed by atoms with Gasteiger partial charge in [-0.05, 0) is 6.92 Å². The summed E-state index contributed by atoms with van der Waals surface area (Å²) in [4.78, 5) is 21.9. The highest BCUT2D eigenvalue weighted by atomic mass is 16.5. The Kier molecular flexibility index (Phi) is 3.84. The molecule has 2 heterocycles. The molecule has 2 rings (SSSR count). The third kappa shape index (κ3) is 2.76. The van der Waals surface area contributed by atoms with Gasteiger partial charge in [0, 0.05) is 31.8 Å². The summed E-state index contributed by atoms with van der Waals surface area (Å²) in [6.45, 7) is 2.38. The quantitative estimate of drug-likeness (QED) is 0.816. The summed E-state index contributed by atoms with van der Waals surface area (Å²) in [5.74, 6) is 0.510. The molecule has 1 aromatic rings. The minimum atomic E-state index is -0.448. The second-order valence-corrected chi connectivity index (χ2v) is 4.52. The molecule has 2 atom stereocenters. The van der Waals surface area contributed by atoms with Gasteiger partial charge in [0.05, 0.1) is 13.2 Å². The van der Waals surface area contributed by atoms with Crippen LogP contribution in [0, 0.1) is 6.92 Å². The smallest absolute Gasteiger partial charge is 0.240 e. The summed E-state index contributed by atoms with van der Waals surface area (Å²) in [7, 11) is 3.16. The van der Waals surface area contributed by atoms with Crippen molar-refractivity contribution in [1.82, 2.24) is 9.97 Å². The van der Waals surface area contributed by atoms with E-state index in [1.165, 1.54) is 0 Å². The number of amides is 1. The van der Waals surface area contributed by atoms with Crippen molar-refractivity contribution in [2.75, 3.05) is 25.7 Å². The van der Waals surface area contributed by atoms with Crippen LogP contribution in [0.1, 0.15) is 12.1 Å². The zero-order valence-electron chi connectivity index (χ0n) is 11.3. The molecule has 1 aliphatic rings. The van der Waals surface area contributed by atoms with Gasteiger partial charge in [0.25, 0.3) is 0 Å². The Hall–Kier alpha value is -1.89. The van der Waals surface area contributed by atoms with Crippen LogP contribution >= 0.6 is 0 Å². The van der Waals surface area contributed by atoms with Crippen molar-refractivity contribution in [3.63, 3.8) is 0 Å². The van der Waals surface area contributed by atoms with Crippen LogP contribution in [0.4, 0.5) is 5.95 Å². The topological polar surface area (TPSA) is 90.6 Å². The molecule has 7 nitrogen and oxygen atoms in total. The number of carbonyl (C=O) groups excluding carboxylic acids is 1. The summed E-state index contributed by atoms with van der Waals surface area (Å²) in [5, 5.41) is 0. The SMILES string of the molecule is COc1cc(C)nc(N2C[C@@H](OC)C[C@H]2C(N)=O)n1. The molecule has 0 aliphatic carbocycles. The van der Waals surface area contributed by atoms with Gasteiger partial charge in [-0.2, -0.15) is 4.98 Å². The highest BCUT2D eigenvalue weighted by Gasteiger charge is 2.37. The molecule has 1 fully saturated rings. The fourth-order valence-corrected chi connectivity index (χ4v) is 2.22. The average Bonchev–Trinajstić information content (AvgIpc) is 2.82. The first kappa shape index (κ1) is 13.5. The molecular weight excluding hydrogens is 248 g/mol. The van der Waals surface area contributed by atoms with Crippen LogP contribution in [0.15, 0.2) is 6.07 Å². The van der Waals surface area contributed by atoms with E-state index in [2.05, 4.69) is 9.97 Å². The Balaban J connectivity index is 2.33. The lowest BCUT2D eigenvalue weighted by molar-refractivity contribution is -0.119. The van der Waals surface area contributed by atoms with E-state index in [4.69, 9.17) is 15.2 Å². The number of hydrogen-bond acceptors (Lipinski definition) is 6. The third-order valence-corrected chi connectivity index (χ3v) is 3.21. The van der Waals surface area contributed by atoms with E-state index in [9.17, 15) is 4.79 Å². The number of nitrogens with two attached hydrogens (primary N) is 1. The van der Waals surface area contributed by atoms with Crippen molar-refractivity contribution in [2.24, 2.45) is 5.73 Å². The van der Waals surface area contributed by atoms with Gasteiger partial charge in [0.15, 0.2) is 0 Å². The van der Waals surface area contributed by atoms with Gasteiger partial charge in [0.2, 0.25) is 17.7 Å². The van der Waals surface area contributed by atoms with Gasteiger partial charge in [-0.3, -0.25) is 4.79 Å². The number of carbonyl (C=O) groups is 1. The highest BCUT2D eigenvalue weighted by molar-refractivity contribution is 5.83. The number of hydrogen-bond donors (Lipinski definition) is 1. The summed E-state index contributed by atoms with van der Waals surface area (Å²) in [5.41, 5.74) is 6.20. The van der Waals surface area contributed by atoms with Crippen molar-refractivity contribution in [3.8, 4) is 5.88 Å². The molecule has 0 unspecified atom stereocenters. The predicted molar refractivity (Wildman–Crippen MR) is 69.1 cm³/mol. The van der Waals surface area contributed by atoms with Crippen LogP contribution in [0.3, 0.4) is 0 Å².